The van der Waals surface area contributed by atoms with Crippen molar-refractivity contribution in [3.05, 3.63) is 65.7 Å². The molecular formula is C16H17N5. The number of hydrogen-bond acceptors (Lipinski definition) is 5. The maximum absolute atomic E-state index is 6.09. The Morgan fingerprint density at radius 2 is 1.86 bits per heavy atom. The molecule has 0 unspecified atom stereocenters. The summed E-state index contributed by atoms with van der Waals surface area (Å²) in [5.41, 5.74) is 12.5. The van der Waals surface area contributed by atoms with Crippen LogP contribution in [0.3, 0.4) is 0 Å². The summed E-state index contributed by atoms with van der Waals surface area (Å²) in [6.45, 7) is 1.61. The lowest BCUT2D eigenvalue weighted by Crippen LogP contribution is -2.31. The average molecular weight is 279 g/mol. The summed E-state index contributed by atoms with van der Waals surface area (Å²) in [7, 11) is 0. The second kappa shape index (κ2) is 6.09. The first-order valence-electron chi connectivity index (χ1n) is 6.87. The van der Waals surface area contributed by atoms with Crippen LogP contribution in [0.1, 0.15) is 11.1 Å². The van der Waals surface area contributed by atoms with Gasteiger partial charge in [-0.25, -0.2) is 10.4 Å². The van der Waals surface area contributed by atoms with E-state index in [-0.39, 0.29) is 0 Å². The zero-order valence-electron chi connectivity index (χ0n) is 11.6. The quantitative estimate of drug-likeness (QED) is 0.453. The van der Waals surface area contributed by atoms with Gasteiger partial charge in [0, 0.05) is 23.4 Å². The largest absolute Gasteiger partial charge is 0.398 e. The molecule has 5 heteroatoms. The lowest BCUT2D eigenvalue weighted by Gasteiger charge is -2.10. The highest BCUT2D eigenvalue weighted by Gasteiger charge is 2.11. The third-order valence-corrected chi connectivity index (χ3v) is 3.21. The number of para-hydroxylation sites is 1. The Balaban J connectivity index is 1.99. The highest BCUT2D eigenvalue weighted by Crippen LogP contribution is 2.16. The van der Waals surface area contributed by atoms with Crippen LogP contribution in [-0.2, 0) is 0 Å². The van der Waals surface area contributed by atoms with E-state index in [1.807, 2.05) is 54.6 Å². The van der Waals surface area contributed by atoms with Crippen molar-refractivity contribution < 1.29 is 0 Å². The van der Waals surface area contributed by atoms with Crippen molar-refractivity contribution in [1.82, 2.24) is 10.7 Å². The van der Waals surface area contributed by atoms with Crippen LogP contribution in [0.5, 0.6) is 0 Å². The Bertz CT molecular complexity index is 676. The van der Waals surface area contributed by atoms with Crippen LogP contribution in [0.4, 0.5) is 5.69 Å². The van der Waals surface area contributed by atoms with Crippen molar-refractivity contribution >= 4 is 17.4 Å². The Morgan fingerprint density at radius 3 is 2.57 bits per heavy atom. The van der Waals surface area contributed by atoms with Crippen molar-refractivity contribution in [2.24, 2.45) is 10.1 Å². The van der Waals surface area contributed by atoms with Crippen molar-refractivity contribution in [3.8, 4) is 0 Å². The molecule has 0 spiro atoms. The van der Waals surface area contributed by atoms with Crippen LogP contribution in [0.15, 0.2) is 64.7 Å². The second-order valence-electron chi connectivity index (χ2n) is 4.68. The minimum Gasteiger partial charge on any atom is -0.398 e. The van der Waals surface area contributed by atoms with Crippen molar-refractivity contribution in [2.45, 2.75) is 0 Å². The van der Waals surface area contributed by atoms with Gasteiger partial charge in [-0.2, -0.15) is 5.10 Å². The fourth-order valence-corrected chi connectivity index (χ4v) is 2.17. The molecule has 0 amide bonds. The molecule has 0 atom stereocenters. The van der Waals surface area contributed by atoms with Gasteiger partial charge in [-0.1, -0.05) is 48.5 Å². The lowest BCUT2D eigenvalue weighted by atomic mass is 10.0. The van der Waals surface area contributed by atoms with Crippen LogP contribution >= 0.6 is 0 Å². The molecule has 0 bridgehead atoms. The van der Waals surface area contributed by atoms with Gasteiger partial charge in [0.05, 0.1) is 12.3 Å². The van der Waals surface area contributed by atoms with E-state index >= 15 is 0 Å². The maximum atomic E-state index is 6.09. The van der Waals surface area contributed by atoms with Gasteiger partial charge in [0.1, 0.15) is 0 Å². The topological polar surface area (TPSA) is 74.8 Å². The minimum absolute atomic E-state index is 0.693. The molecule has 5 nitrogen and oxygen atoms in total. The number of anilines is 1. The number of nitrogens with zero attached hydrogens (tertiary/aromatic N) is 2. The van der Waals surface area contributed by atoms with E-state index in [1.54, 1.807) is 0 Å². The van der Waals surface area contributed by atoms with Crippen molar-refractivity contribution in [1.29, 1.82) is 0 Å². The number of benzene rings is 2. The molecule has 2 aromatic carbocycles. The first kappa shape index (κ1) is 13.2. The first-order chi connectivity index (χ1) is 10.3. The number of aliphatic imine (C=N–C) groups is 1. The molecule has 0 aliphatic carbocycles. The van der Waals surface area contributed by atoms with Crippen LogP contribution < -0.4 is 16.5 Å². The molecule has 1 heterocycles. The van der Waals surface area contributed by atoms with Gasteiger partial charge < -0.3 is 11.1 Å². The third kappa shape index (κ3) is 3.02. The molecule has 0 aromatic heterocycles. The number of nitrogens with two attached hydrogens (primary N) is 1. The molecule has 2 aromatic rings. The summed E-state index contributed by atoms with van der Waals surface area (Å²) in [5.74, 6) is 0.693. The summed E-state index contributed by atoms with van der Waals surface area (Å²) in [6, 6.07) is 17.7. The van der Waals surface area contributed by atoms with Crippen LogP contribution in [-0.4, -0.2) is 24.8 Å². The average Bonchev–Trinajstić information content (AvgIpc) is 3.04. The maximum Gasteiger partial charge on any atom is 0.212 e. The van der Waals surface area contributed by atoms with E-state index in [1.165, 1.54) is 0 Å². The normalized spacial score (nSPS) is 14.5. The number of hydrazone groups is 1. The molecule has 3 rings (SSSR count). The standard InChI is InChI=1S/C16H17N5/c17-14-9-5-4-8-13(14)15(12-6-2-1-3-7-12)20-21-16-18-10-11-19-16/h1-9H,10-11,17H2,(H2,18,19,21)/b20-15+. The molecule has 106 valence electrons. The fraction of sp³-hybridized carbons (Fsp3) is 0.125. The van der Waals surface area contributed by atoms with Gasteiger partial charge >= 0.3 is 0 Å². The third-order valence-electron chi connectivity index (χ3n) is 3.21. The van der Waals surface area contributed by atoms with E-state index in [0.717, 1.165) is 29.9 Å². The van der Waals surface area contributed by atoms with Crippen LogP contribution in [0.2, 0.25) is 0 Å². The first-order valence-corrected chi connectivity index (χ1v) is 6.87. The Morgan fingerprint density at radius 1 is 1.10 bits per heavy atom. The van der Waals surface area contributed by atoms with Crippen LogP contribution in [0.25, 0.3) is 0 Å². The smallest absolute Gasteiger partial charge is 0.212 e. The number of rotatable bonds is 3. The minimum atomic E-state index is 0.693. The van der Waals surface area contributed by atoms with E-state index in [9.17, 15) is 0 Å². The van der Waals surface area contributed by atoms with Gasteiger partial charge in [-0.3, -0.25) is 0 Å². The molecule has 4 N–H and O–H groups in total. The molecule has 0 saturated carbocycles. The van der Waals surface area contributed by atoms with Crippen molar-refractivity contribution in [2.75, 3.05) is 18.8 Å². The van der Waals surface area contributed by atoms with E-state index in [0.29, 0.717) is 11.6 Å². The second-order valence-corrected chi connectivity index (χ2v) is 4.68. The Hall–Kier alpha value is -2.82. The number of nitrogens with one attached hydrogen (secondary N) is 2. The molecule has 0 saturated heterocycles. The lowest BCUT2D eigenvalue weighted by molar-refractivity contribution is 0.917. The summed E-state index contributed by atoms with van der Waals surface area (Å²) in [6.07, 6.45) is 0. The van der Waals surface area contributed by atoms with Gasteiger partial charge in [-0.05, 0) is 6.07 Å². The SMILES string of the molecule is Nc1ccccc1/C(=N/NC1=NCCN1)c1ccccc1. The summed E-state index contributed by atoms with van der Waals surface area (Å²) >= 11 is 0. The Labute approximate surface area is 123 Å². The highest BCUT2D eigenvalue weighted by molar-refractivity contribution is 6.15. The number of nitrogen functional groups attached to an aromatic ring is 1. The molecule has 0 radical (unpaired) electrons. The van der Waals surface area contributed by atoms with Gasteiger partial charge in [0.25, 0.3) is 0 Å². The number of hydrogen-bond donors (Lipinski definition) is 3. The fourth-order valence-electron chi connectivity index (χ4n) is 2.17. The molecular weight excluding hydrogens is 262 g/mol. The predicted molar refractivity (Wildman–Crippen MR) is 86.4 cm³/mol. The van der Waals surface area contributed by atoms with Crippen LogP contribution in [0, 0.1) is 0 Å². The van der Waals surface area contributed by atoms with Gasteiger partial charge in [-0.15, -0.1) is 0 Å². The predicted octanol–water partition coefficient (Wildman–Crippen LogP) is 1.57. The summed E-state index contributed by atoms with van der Waals surface area (Å²) in [4.78, 5) is 4.27. The molecule has 1 aliphatic rings. The van der Waals surface area contributed by atoms with Gasteiger partial charge in [0.15, 0.2) is 0 Å². The monoisotopic (exact) mass is 279 g/mol. The molecule has 0 fully saturated rings. The molecule has 21 heavy (non-hydrogen) atoms. The summed E-state index contributed by atoms with van der Waals surface area (Å²) in [5, 5.41) is 7.63. The van der Waals surface area contributed by atoms with E-state index in [2.05, 4.69) is 20.8 Å². The number of guanidine groups is 1. The van der Waals surface area contributed by atoms with Gasteiger partial charge in [0.2, 0.25) is 5.96 Å². The Kier molecular flexibility index (Phi) is 3.82. The van der Waals surface area contributed by atoms with E-state index < -0.39 is 0 Å². The van der Waals surface area contributed by atoms with E-state index in [4.69, 9.17) is 5.73 Å². The molecule has 1 aliphatic heterocycles. The zero-order valence-corrected chi connectivity index (χ0v) is 11.6. The summed E-state index contributed by atoms with van der Waals surface area (Å²) < 4.78 is 0. The zero-order chi connectivity index (χ0) is 14.5. The highest BCUT2D eigenvalue weighted by atomic mass is 15.4. The van der Waals surface area contributed by atoms with Crippen molar-refractivity contribution in [3.63, 3.8) is 0 Å².